The molecule has 0 unspecified atom stereocenters. The van der Waals surface area contributed by atoms with Crippen molar-refractivity contribution < 1.29 is 18.0 Å². The van der Waals surface area contributed by atoms with Crippen LogP contribution in [0.5, 0.6) is 0 Å². The number of carbonyl (C=O) groups excluding carboxylic acids is 1. The lowest BCUT2D eigenvalue weighted by atomic mass is 9.99. The SMILES string of the molecule is O=C1CCC(c2ccc(-c3cc(F)ccc3F)c(F)c2)=NN1. The van der Waals surface area contributed by atoms with Gasteiger partial charge in [0.2, 0.25) is 5.91 Å². The van der Waals surface area contributed by atoms with E-state index < -0.39 is 17.5 Å². The van der Waals surface area contributed by atoms with Gasteiger partial charge in [0.15, 0.2) is 0 Å². The first-order valence-electron chi connectivity index (χ1n) is 6.65. The maximum Gasteiger partial charge on any atom is 0.240 e. The zero-order valence-corrected chi connectivity index (χ0v) is 11.4. The van der Waals surface area contributed by atoms with Crippen molar-refractivity contribution in [2.24, 2.45) is 5.10 Å². The van der Waals surface area contributed by atoms with Gasteiger partial charge in [-0.05, 0) is 24.3 Å². The molecule has 0 saturated carbocycles. The summed E-state index contributed by atoms with van der Waals surface area (Å²) in [4.78, 5) is 11.0. The van der Waals surface area contributed by atoms with Crippen molar-refractivity contribution in [3.8, 4) is 11.1 Å². The third-order valence-electron chi connectivity index (χ3n) is 3.43. The molecule has 0 aliphatic carbocycles. The van der Waals surface area contributed by atoms with Gasteiger partial charge >= 0.3 is 0 Å². The Hall–Kier alpha value is -2.63. The Labute approximate surface area is 124 Å². The van der Waals surface area contributed by atoms with Crippen molar-refractivity contribution in [2.45, 2.75) is 12.8 Å². The Morgan fingerprint density at radius 1 is 0.909 bits per heavy atom. The molecule has 0 saturated heterocycles. The number of nitrogens with zero attached hydrogens (tertiary/aromatic N) is 1. The summed E-state index contributed by atoms with van der Waals surface area (Å²) < 4.78 is 41.2. The van der Waals surface area contributed by atoms with Crippen molar-refractivity contribution >= 4 is 11.6 Å². The van der Waals surface area contributed by atoms with Crippen LogP contribution in [0.2, 0.25) is 0 Å². The minimum Gasteiger partial charge on any atom is -0.273 e. The van der Waals surface area contributed by atoms with Crippen LogP contribution in [0.4, 0.5) is 13.2 Å². The maximum absolute atomic E-state index is 14.2. The fourth-order valence-corrected chi connectivity index (χ4v) is 2.30. The van der Waals surface area contributed by atoms with Gasteiger partial charge in [-0.1, -0.05) is 12.1 Å². The van der Waals surface area contributed by atoms with Gasteiger partial charge in [-0.3, -0.25) is 4.79 Å². The van der Waals surface area contributed by atoms with Crippen molar-refractivity contribution in [3.63, 3.8) is 0 Å². The number of halogens is 3. The van der Waals surface area contributed by atoms with Gasteiger partial charge in [0, 0.05) is 29.5 Å². The van der Waals surface area contributed by atoms with Crippen LogP contribution >= 0.6 is 0 Å². The summed E-state index contributed by atoms with van der Waals surface area (Å²) in [5.41, 5.74) is 3.21. The van der Waals surface area contributed by atoms with Gasteiger partial charge in [-0.25, -0.2) is 18.6 Å². The van der Waals surface area contributed by atoms with E-state index in [4.69, 9.17) is 0 Å². The van der Waals surface area contributed by atoms with Gasteiger partial charge in [-0.15, -0.1) is 0 Å². The fourth-order valence-electron chi connectivity index (χ4n) is 2.30. The van der Waals surface area contributed by atoms with Crippen LogP contribution < -0.4 is 5.43 Å². The molecule has 1 amide bonds. The van der Waals surface area contributed by atoms with E-state index in [2.05, 4.69) is 10.5 Å². The molecule has 6 heteroatoms. The molecule has 0 atom stereocenters. The second-order valence-corrected chi connectivity index (χ2v) is 4.91. The van der Waals surface area contributed by atoms with Crippen LogP contribution in [-0.4, -0.2) is 11.6 Å². The van der Waals surface area contributed by atoms with E-state index in [9.17, 15) is 18.0 Å². The molecule has 0 spiro atoms. The normalized spacial score (nSPS) is 14.5. The number of nitrogens with one attached hydrogen (secondary N) is 1. The van der Waals surface area contributed by atoms with Crippen LogP contribution in [-0.2, 0) is 4.79 Å². The molecule has 3 nitrogen and oxygen atoms in total. The summed E-state index contributed by atoms with van der Waals surface area (Å²) in [5, 5.41) is 3.87. The largest absolute Gasteiger partial charge is 0.273 e. The zero-order chi connectivity index (χ0) is 15.7. The van der Waals surface area contributed by atoms with Crippen molar-refractivity contribution in [1.29, 1.82) is 0 Å². The van der Waals surface area contributed by atoms with Crippen LogP contribution in [0, 0.1) is 17.5 Å². The van der Waals surface area contributed by atoms with Crippen LogP contribution in [0.25, 0.3) is 11.1 Å². The highest BCUT2D eigenvalue weighted by atomic mass is 19.1. The second-order valence-electron chi connectivity index (χ2n) is 4.91. The first-order chi connectivity index (χ1) is 10.5. The van der Waals surface area contributed by atoms with E-state index in [1.807, 2.05) is 0 Å². The molecule has 0 radical (unpaired) electrons. The average Bonchev–Trinajstić information content (AvgIpc) is 2.51. The summed E-state index contributed by atoms with van der Waals surface area (Å²) in [6.45, 7) is 0. The Bertz CT molecular complexity index is 787. The van der Waals surface area contributed by atoms with Crippen molar-refractivity contribution in [2.75, 3.05) is 0 Å². The molecule has 0 fully saturated rings. The van der Waals surface area contributed by atoms with Crippen LogP contribution in [0.1, 0.15) is 18.4 Å². The number of hydrogen-bond acceptors (Lipinski definition) is 2. The number of benzene rings is 2. The Balaban J connectivity index is 1.99. The molecule has 2 aromatic carbocycles. The predicted octanol–water partition coefficient (Wildman–Crippen LogP) is 3.39. The minimum atomic E-state index is -0.699. The average molecular weight is 304 g/mol. The van der Waals surface area contributed by atoms with Gasteiger partial charge in [0.1, 0.15) is 17.5 Å². The van der Waals surface area contributed by atoms with Crippen LogP contribution in [0.3, 0.4) is 0 Å². The first-order valence-corrected chi connectivity index (χ1v) is 6.65. The van der Waals surface area contributed by atoms with Gasteiger partial charge in [0.25, 0.3) is 0 Å². The Morgan fingerprint density at radius 3 is 2.41 bits per heavy atom. The van der Waals surface area contributed by atoms with E-state index in [-0.39, 0.29) is 23.5 Å². The smallest absolute Gasteiger partial charge is 0.240 e. The third kappa shape index (κ3) is 2.72. The quantitative estimate of drug-likeness (QED) is 0.908. The number of hydrazone groups is 1. The number of amides is 1. The summed E-state index contributed by atoms with van der Waals surface area (Å²) >= 11 is 0. The first kappa shape index (κ1) is 14.3. The molecule has 2 aromatic rings. The number of carbonyl (C=O) groups is 1. The monoisotopic (exact) mass is 304 g/mol. The Kier molecular flexibility index (Phi) is 3.66. The van der Waals surface area contributed by atoms with Crippen molar-refractivity contribution in [3.05, 3.63) is 59.4 Å². The van der Waals surface area contributed by atoms with E-state index >= 15 is 0 Å². The van der Waals surface area contributed by atoms with Gasteiger partial charge < -0.3 is 0 Å². The molecule has 0 aromatic heterocycles. The van der Waals surface area contributed by atoms with E-state index in [1.54, 1.807) is 6.07 Å². The summed E-state index contributed by atoms with van der Waals surface area (Å²) in [6.07, 6.45) is 0.680. The molecular formula is C16H11F3N2O. The molecule has 1 aliphatic heterocycles. The summed E-state index contributed by atoms with van der Waals surface area (Å²) in [5.74, 6) is -2.21. The number of hydrogen-bond donors (Lipinski definition) is 1. The molecule has 0 bridgehead atoms. The topological polar surface area (TPSA) is 41.5 Å². The van der Waals surface area contributed by atoms with E-state index in [0.29, 0.717) is 17.7 Å². The summed E-state index contributed by atoms with van der Waals surface area (Å²) in [7, 11) is 0. The molecule has 1 aliphatic rings. The highest BCUT2D eigenvalue weighted by Gasteiger charge is 2.16. The van der Waals surface area contributed by atoms with Crippen molar-refractivity contribution in [1.82, 2.24) is 5.43 Å². The molecule has 22 heavy (non-hydrogen) atoms. The standard InChI is InChI=1S/C16H11F3N2O/c17-10-2-4-13(18)12(8-10)11-3-1-9(7-14(11)19)15-5-6-16(22)21-20-15/h1-4,7-8H,5-6H2,(H,21,22). The lowest BCUT2D eigenvalue weighted by Gasteiger charge is -2.13. The number of rotatable bonds is 2. The predicted molar refractivity (Wildman–Crippen MR) is 75.7 cm³/mol. The molecule has 1 heterocycles. The Morgan fingerprint density at radius 2 is 1.73 bits per heavy atom. The second kappa shape index (κ2) is 5.63. The highest BCUT2D eigenvalue weighted by molar-refractivity contribution is 6.04. The van der Waals surface area contributed by atoms with E-state index in [1.165, 1.54) is 12.1 Å². The highest BCUT2D eigenvalue weighted by Crippen LogP contribution is 2.27. The summed E-state index contributed by atoms with van der Waals surface area (Å²) in [6, 6.07) is 7.03. The lowest BCUT2D eigenvalue weighted by Crippen LogP contribution is -2.25. The molecule has 3 rings (SSSR count). The van der Waals surface area contributed by atoms with Gasteiger partial charge in [0.05, 0.1) is 5.71 Å². The third-order valence-corrected chi connectivity index (χ3v) is 3.43. The molecule has 1 N–H and O–H groups in total. The fraction of sp³-hybridized carbons (Fsp3) is 0.125. The minimum absolute atomic E-state index is 0.0267. The van der Waals surface area contributed by atoms with E-state index in [0.717, 1.165) is 18.2 Å². The lowest BCUT2D eigenvalue weighted by molar-refractivity contribution is -0.121. The molecular weight excluding hydrogens is 293 g/mol. The zero-order valence-electron chi connectivity index (χ0n) is 11.4. The molecule has 112 valence electrons. The van der Waals surface area contributed by atoms with Gasteiger partial charge in [-0.2, -0.15) is 5.10 Å². The van der Waals surface area contributed by atoms with Crippen LogP contribution in [0.15, 0.2) is 41.5 Å². The maximum atomic E-state index is 14.2.